The van der Waals surface area contributed by atoms with E-state index in [2.05, 4.69) is 30.9 Å². The van der Waals surface area contributed by atoms with E-state index in [1.165, 1.54) is 26.2 Å². The summed E-state index contributed by atoms with van der Waals surface area (Å²) in [6.45, 7) is 2.39. The summed E-state index contributed by atoms with van der Waals surface area (Å²) in [5.41, 5.74) is 0.943. The van der Waals surface area contributed by atoms with Crippen molar-refractivity contribution in [3.63, 3.8) is 0 Å². The Hall–Kier alpha value is -3.84. The molecule has 1 aliphatic rings. The van der Waals surface area contributed by atoms with Crippen molar-refractivity contribution in [3.8, 4) is 6.07 Å². The number of carbonyl (C=O) groups is 1. The molecule has 0 spiro atoms. The van der Waals surface area contributed by atoms with Crippen molar-refractivity contribution in [3.05, 3.63) is 47.8 Å². The predicted molar refractivity (Wildman–Crippen MR) is 122 cm³/mol. The van der Waals surface area contributed by atoms with Gasteiger partial charge in [-0.3, -0.25) is 9.78 Å². The number of rotatable bonds is 8. The van der Waals surface area contributed by atoms with Gasteiger partial charge in [-0.2, -0.15) is 5.26 Å². The van der Waals surface area contributed by atoms with Crippen LogP contribution in [0.5, 0.6) is 0 Å². The first kappa shape index (κ1) is 22.4. The molecular weight excluding hydrogens is 425 g/mol. The van der Waals surface area contributed by atoms with Crippen LogP contribution in [0.3, 0.4) is 0 Å². The maximum atomic E-state index is 14.0. The molecule has 3 heterocycles. The van der Waals surface area contributed by atoms with Crippen LogP contribution in [-0.4, -0.2) is 50.3 Å². The molecule has 9 nitrogen and oxygen atoms in total. The van der Waals surface area contributed by atoms with Crippen LogP contribution in [0.4, 0.5) is 21.7 Å². The zero-order valence-corrected chi connectivity index (χ0v) is 18.3. The summed E-state index contributed by atoms with van der Waals surface area (Å²) >= 11 is 0. The lowest BCUT2D eigenvalue weighted by Crippen LogP contribution is -2.42. The Morgan fingerprint density at radius 2 is 2.03 bits per heavy atom. The smallest absolute Gasteiger partial charge is 0.255 e. The molecule has 0 saturated heterocycles. The fourth-order valence-electron chi connectivity index (χ4n) is 3.07. The fraction of sp³-hybridized carbons (Fsp3) is 0.348. The SMILES string of the molecule is CC(C)(O)[C@H](F)CNC(=O)c1cnc(Nc2ccc3ncc(C#N)cc3n2)cc1NC1CC1. The minimum absolute atomic E-state index is 0.270. The van der Waals surface area contributed by atoms with Crippen LogP contribution in [0, 0.1) is 11.3 Å². The maximum Gasteiger partial charge on any atom is 0.255 e. The number of nitrogens with zero attached hydrogens (tertiary/aromatic N) is 4. The molecule has 33 heavy (non-hydrogen) atoms. The minimum Gasteiger partial charge on any atom is -0.387 e. The Morgan fingerprint density at radius 1 is 1.24 bits per heavy atom. The molecule has 10 heteroatoms. The molecule has 0 aliphatic heterocycles. The zero-order valence-electron chi connectivity index (χ0n) is 18.3. The lowest BCUT2D eigenvalue weighted by atomic mass is 10.0. The number of alkyl halides is 1. The van der Waals surface area contributed by atoms with Crippen molar-refractivity contribution in [2.45, 2.75) is 44.5 Å². The van der Waals surface area contributed by atoms with E-state index in [0.29, 0.717) is 33.9 Å². The summed E-state index contributed by atoms with van der Waals surface area (Å²) in [5, 5.41) is 27.7. The van der Waals surface area contributed by atoms with Crippen molar-refractivity contribution in [2.24, 2.45) is 0 Å². The normalized spacial score (nSPS) is 14.4. The zero-order chi connectivity index (χ0) is 23.6. The Morgan fingerprint density at radius 3 is 2.73 bits per heavy atom. The number of aromatic nitrogens is 3. The average molecular weight is 449 g/mol. The summed E-state index contributed by atoms with van der Waals surface area (Å²) in [6, 6.07) is 9.20. The molecule has 1 saturated carbocycles. The fourth-order valence-corrected chi connectivity index (χ4v) is 3.07. The number of hydrogen-bond donors (Lipinski definition) is 4. The van der Waals surface area contributed by atoms with Gasteiger partial charge in [0.05, 0.1) is 40.0 Å². The summed E-state index contributed by atoms with van der Waals surface area (Å²) in [7, 11) is 0. The Kier molecular flexibility index (Phi) is 6.07. The van der Waals surface area contributed by atoms with Crippen LogP contribution in [-0.2, 0) is 0 Å². The summed E-state index contributed by atoms with van der Waals surface area (Å²) in [6.07, 6.45) is 3.29. The van der Waals surface area contributed by atoms with Gasteiger partial charge in [0, 0.05) is 24.5 Å². The first-order valence-electron chi connectivity index (χ1n) is 10.6. The van der Waals surface area contributed by atoms with Crippen LogP contribution in [0.15, 0.2) is 36.7 Å². The van der Waals surface area contributed by atoms with E-state index in [0.717, 1.165) is 12.8 Å². The van der Waals surface area contributed by atoms with Gasteiger partial charge < -0.3 is 21.1 Å². The van der Waals surface area contributed by atoms with Gasteiger partial charge in [-0.15, -0.1) is 0 Å². The Bertz CT molecular complexity index is 1230. The highest BCUT2D eigenvalue weighted by atomic mass is 19.1. The molecule has 1 amide bonds. The number of nitriles is 1. The molecule has 4 N–H and O–H groups in total. The van der Waals surface area contributed by atoms with Gasteiger partial charge in [-0.05, 0) is 44.9 Å². The van der Waals surface area contributed by atoms with E-state index in [4.69, 9.17) is 5.26 Å². The van der Waals surface area contributed by atoms with E-state index in [1.807, 2.05) is 6.07 Å². The number of carbonyl (C=O) groups excluding carboxylic acids is 1. The van der Waals surface area contributed by atoms with Gasteiger partial charge in [-0.1, -0.05) is 0 Å². The standard InChI is InChI=1S/C23H24FN7O2/c1-23(2,33)19(24)12-28-22(32)15-11-27-21(8-17(15)29-14-3-4-14)31-20-6-5-16-18(30-20)7-13(9-25)10-26-16/h5-8,10-11,14,19,33H,3-4,12H2,1-2H3,(H,28,32)(H2,27,29,30,31)/t19-/m1/s1. The van der Waals surface area contributed by atoms with Gasteiger partial charge in [0.25, 0.3) is 5.91 Å². The van der Waals surface area contributed by atoms with Crippen LogP contribution in [0.1, 0.15) is 42.6 Å². The summed E-state index contributed by atoms with van der Waals surface area (Å²) in [5.74, 6) is 0.487. The molecule has 1 fully saturated rings. The summed E-state index contributed by atoms with van der Waals surface area (Å²) in [4.78, 5) is 25.7. The average Bonchev–Trinajstić information content (AvgIpc) is 3.60. The third-order valence-corrected chi connectivity index (χ3v) is 5.22. The number of aliphatic hydroxyl groups is 1. The molecule has 0 unspecified atom stereocenters. The van der Waals surface area contributed by atoms with Gasteiger partial charge in [-0.25, -0.2) is 14.4 Å². The third-order valence-electron chi connectivity index (χ3n) is 5.22. The molecule has 1 aliphatic carbocycles. The molecule has 3 aromatic heterocycles. The number of anilines is 3. The monoisotopic (exact) mass is 449 g/mol. The third kappa shape index (κ3) is 5.51. The molecule has 1 atom stereocenters. The number of fused-ring (bicyclic) bond motifs is 1. The second-order valence-corrected chi connectivity index (χ2v) is 8.56. The Balaban J connectivity index is 1.54. The van der Waals surface area contributed by atoms with E-state index in [1.54, 1.807) is 24.3 Å². The second-order valence-electron chi connectivity index (χ2n) is 8.56. The van der Waals surface area contributed by atoms with E-state index in [-0.39, 0.29) is 18.2 Å². The van der Waals surface area contributed by atoms with E-state index < -0.39 is 17.7 Å². The molecule has 4 rings (SSSR count). The number of nitrogens with one attached hydrogen (secondary N) is 3. The van der Waals surface area contributed by atoms with Crippen LogP contribution in [0.2, 0.25) is 0 Å². The lowest BCUT2D eigenvalue weighted by molar-refractivity contribution is -0.00177. The van der Waals surface area contributed by atoms with Crippen molar-refractivity contribution >= 4 is 34.3 Å². The number of halogens is 1. The van der Waals surface area contributed by atoms with Crippen LogP contribution < -0.4 is 16.0 Å². The molecular formula is C23H24FN7O2. The van der Waals surface area contributed by atoms with Crippen molar-refractivity contribution in [2.75, 3.05) is 17.2 Å². The molecule has 0 bridgehead atoms. The van der Waals surface area contributed by atoms with Gasteiger partial charge >= 0.3 is 0 Å². The lowest BCUT2D eigenvalue weighted by Gasteiger charge is -2.22. The van der Waals surface area contributed by atoms with Crippen molar-refractivity contribution in [1.29, 1.82) is 5.26 Å². The topological polar surface area (TPSA) is 136 Å². The first-order chi connectivity index (χ1) is 15.7. The quantitative estimate of drug-likeness (QED) is 0.412. The first-order valence-corrected chi connectivity index (χ1v) is 10.6. The highest BCUT2D eigenvalue weighted by molar-refractivity contribution is 6.00. The molecule has 0 aromatic carbocycles. The van der Waals surface area contributed by atoms with E-state index in [9.17, 15) is 14.3 Å². The molecule has 3 aromatic rings. The van der Waals surface area contributed by atoms with Crippen molar-refractivity contribution < 1.29 is 14.3 Å². The number of hydrogen-bond acceptors (Lipinski definition) is 8. The molecule has 0 radical (unpaired) electrons. The van der Waals surface area contributed by atoms with E-state index >= 15 is 0 Å². The molecule has 170 valence electrons. The number of pyridine rings is 3. The van der Waals surface area contributed by atoms with Crippen LogP contribution in [0.25, 0.3) is 11.0 Å². The largest absolute Gasteiger partial charge is 0.387 e. The summed E-state index contributed by atoms with van der Waals surface area (Å²) < 4.78 is 14.0. The number of amides is 1. The minimum atomic E-state index is -1.61. The second kappa shape index (κ2) is 8.96. The van der Waals surface area contributed by atoms with Crippen molar-refractivity contribution in [1.82, 2.24) is 20.3 Å². The Labute approximate surface area is 190 Å². The van der Waals surface area contributed by atoms with Gasteiger partial charge in [0.1, 0.15) is 23.9 Å². The van der Waals surface area contributed by atoms with Crippen LogP contribution >= 0.6 is 0 Å². The maximum absolute atomic E-state index is 14.0. The highest BCUT2D eigenvalue weighted by Crippen LogP contribution is 2.29. The predicted octanol–water partition coefficient (Wildman–Crippen LogP) is 3.05. The highest BCUT2D eigenvalue weighted by Gasteiger charge is 2.28. The van der Waals surface area contributed by atoms with Gasteiger partial charge in [0.15, 0.2) is 0 Å². The van der Waals surface area contributed by atoms with Gasteiger partial charge in [0.2, 0.25) is 0 Å².